The summed E-state index contributed by atoms with van der Waals surface area (Å²) in [5.74, 6) is 0.627. The molecule has 0 unspecified atom stereocenters. The molecule has 1 aliphatic heterocycles. The third kappa shape index (κ3) is 2.95. The van der Waals surface area contributed by atoms with Gasteiger partial charge in [-0.05, 0) is 41.7 Å². The van der Waals surface area contributed by atoms with Crippen molar-refractivity contribution < 1.29 is 4.39 Å². The number of rotatable bonds is 3. The van der Waals surface area contributed by atoms with Crippen molar-refractivity contribution in [3.63, 3.8) is 0 Å². The van der Waals surface area contributed by atoms with E-state index in [1.54, 1.807) is 16.8 Å². The van der Waals surface area contributed by atoms with Gasteiger partial charge in [-0.15, -0.1) is 5.10 Å². The van der Waals surface area contributed by atoms with Crippen molar-refractivity contribution in [2.45, 2.75) is 31.8 Å². The minimum absolute atomic E-state index is 0.0440. The average Bonchev–Trinajstić information content (AvgIpc) is 3.02. The Morgan fingerprint density at radius 2 is 1.80 bits per heavy atom. The van der Waals surface area contributed by atoms with Gasteiger partial charge in [-0.1, -0.05) is 43.3 Å². The Hall–Kier alpha value is -2.89. The van der Waals surface area contributed by atoms with E-state index in [9.17, 15) is 4.39 Å². The zero-order valence-corrected chi connectivity index (χ0v) is 14.0. The first-order valence-corrected chi connectivity index (χ1v) is 8.47. The number of aryl methyl sites for hydroxylation is 1. The largest absolute Gasteiger partial charge is 0.366 e. The summed E-state index contributed by atoms with van der Waals surface area (Å²) >= 11 is 0. The molecule has 4 rings (SSSR count). The number of nitrogens with two attached hydrogens (primary N) is 1. The Kier molecular flexibility index (Phi) is 3.87. The summed E-state index contributed by atoms with van der Waals surface area (Å²) in [4.78, 5) is 4.30. The molecule has 25 heavy (non-hydrogen) atoms. The predicted molar refractivity (Wildman–Crippen MR) is 95.8 cm³/mol. The first kappa shape index (κ1) is 15.6. The molecule has 0 radical (unpaired) electrons. The van der Waals surface area contributed by atoms with Gasteiger partial charge >= 0.3 is 0 Å². The lowest BCUT2D eigenvalue weighted by Gasteiger charge is -2.31. The van der Waals surface area contributed by atoms with E-state index < -0.39 is 0 Å². The lowest BCUT2D eigenvalue weighted by Crippen LogP contribution is -2.28. The van der Waals surface area contributed by atoms with Crippen LogP contribution in [-0.2, 0) is 6.42 Å². The molecule has 5 nitrogen and oxygen atoms in total. The van der Waals surface area contributed by atoms with Crippen LogP contribution in [0.4, 0.5) is 16.3 Å². The summed E-state index contributed by atoms with van der Waals surface area (Å²) in [5, 5.41) is 7.73. The van der Waals surface area contributed by atoms with Crippen molar-refractivity contribution >= 4 is 11.9 Å². The zero-order chi connectivity index (χ0) is 17.4. The number of halogens is 1. The number of anilines is 2. The average molecular weight is 337 g/mol. The number of nitrogen functional groups attached to an aromatic ring is 1. The van der Waals surface area contributed by atoms with E-state index in [4.69, 9.17) is 5.73 Å². The SMILES string of the molecule is CCc1ccc([C@H]2C[C@@H](c3ccc(F)cc3)n3nc(N)nc3N2)cc1. The number of aromatic nitrogens is 3. The molecule has 6 heteroatoms. The Balaban J connectivity index is 1.71. The van der Waals surface area contributed by atoms with Gasteiger partial charge in [0.05, 0.1) is 12.1 Å². The third-order valence-electron chi connectivity index (χ3n) is 4.75. The summed E-state index contributed by atoms with van der Waals surface area (Å²) in [6, 6.07) is 15.2. The van der Waals surface area contributed by atoms with Gasteiger partial charge in [0.15, 0.2) is 0 Å². The maximum atomic E-state index is 13.3. The maximum Gasteiger partial charge on any atom is 0.241 e. The fourth-order valence-electron chi connectivity index (χ4n) is 3.36. The Morgan fingerprint density at radius 3 is 2.48 bits per heavy atom. The normalized spacial score (nSPS) is 19.3. The Morgan fingerprint density at radius 1 is 1.12 bits per heavy atom. The molecule has 0 fully saturated rings. The minimum Gasteiger partial charge on any atom is -0.366 e. The van der Waals surface area contributed by atoms with E-state index in [0.29, 0.717) is 5.95 Å². The van der Waals surface area contributed by atoms with Crippen LogP contribution >= 0.6 is 0 Å². The van der Waals surface area contributed by atoms with Crippen LogP contribution < -0.4 is 11.1 Å². The third-order valence-corrected chi connectivity index (χ3v) is 4.75. The van der Waals surface area contributed by atoms with Gasteiger partial charge in [0.25, 0.3) is 0 Å². The van der Waals surface area contributed by atoms with E-state index in [2.05, 4.69) is 46.6 Å². The molecular weight excluding hydrogens is 317 g/mol. The second-order valence-electron chi connectivity index (χ2n) is 6.33. The summed E-state index contributed by atoms with van der Waals surface area (Å²) in [6.45, 7) is 2.14. The van der Waals surface area contributed by atoms with Crippen LogP contribution in [0.2, 0.25) is 0 Å². The molecule has 2 atom stereocenters. The number of benzene rings is 2. The van der Waals surface area contributed by atoms with Crippen LogP contribution in [0.25, 0.3) is 0 Å². The van der Waals surface area contributed by atoms with Gasteiger partial charge in [0.1, 0.15) is 5.82 Å². The molecule has 0 saturated carbocycles. The molecule has 0 amide bonds. The van der Waals surface area contributed by atoms with E-state index in [0.717, 1.165) is 18.4 Å². The molecule has 0 aliphatic carbocycles. The van der Waals surface area contributed by atoms with Gasteiger partial charge in [-0.3, -0.25) is 0 Å². The van der Waals surface area contributed by atoms with Crippen LogP contribution in [0, 0.1) is 5.82 Å². The fraction of sp³-hybridized carbons (Fsp3) is 0.263. The quantitative estimate of drug-likeness (QED) is 0.764. The molecule has 3 N–H and O–H groups in total. The molecule has 0 saturated heterocycles. The highest BCUT2D eigenvalue weighted by atomic mass is 19.1. The monoisotopic (exact) mass is 337 g/mol. The van der Waals surface area contributed by atoms with Crippen molar-refractivity contribution in [1.82, 2.24) is 14.8 Å². The Bertz CT molecular complexity index is 870. The van der Waals surface area contributed by atoms with Gasteiger partial charge in [-0.2, -0.15) is 4.98 Å². The number of hydrogen-bond donors (Lipinski definition) is 2. The molecule has 1 aromatic heterocycles. The minimum atomic E-state index is -0.247. The van der Waals surface area contributed by atoms with Crippen LogP contribution in [0.5, 0.6) is 0 Å². The zero-order valence-electron chi connectivity index (χ0n) is 14.0. The van der Waals surface area contributed by atoms with Crippen molar-refractivity contribution in [1.29, 1.82) is 0 Å². The van der Waals surface area contributed by atoms with Gasteiger partial charge in [0, 0.05) is 0 Å². The van der Waals surface area contributed by atoms with Crippen LogP contribution in [0.1, 0.15) is 42.1 Å². The highest BCUT2D eigenvalue weighted by molar-refractivity contribution is 5.42. The molecule has 1 aliphatic rings. The topological polar surface area (TPSA) is 68.8 Å². The second-order valence-corrected chi connectivity index (χ2v) is 6.33. The molecule has 2 aromatic carbocycles. The number of nitrogens with zero attached hydrogens (tertiary/aromatic N) is 3. The fourth-order valence-corrected chi connectivity index (χ4v) is 3.36. The summed E-state index contributed by atoms with van der Waals surface area (Å²) in [5.41, 5.74) is 9.29. The van der Waals surface area contributed by atoms with Gasteiger partial charge < -0.3 is 11.1 Å². The maximum absolute atomic E-state index is 13.3. The molecular formula is C19H20FN5. The lowest BCUT2D eigenvalue weighted by molar-refractivity contribution is 0.431. The lowest BCUT2D eigenvalue weighted by atomic mass is 9.93. The summed E-state index contributed by atoms with van der Waals surface area (Å²) < 4.78 is 15.1. The standard InChI is InChI=1S/C19H20FN5/c1-2-12-3-5-13(6-4-12)16-11-17(14-7-9-15(20)10-8-14)25-19(22-16)23-18(21)24-25/h3-10,16-17H,2,11H2,1H3,(H3,21,22,23,24)/t16-,17+/m1/s1. The number of hydrogen-bond acceptors (Lipinski definition) is 4. The van der Waals surface area contributed by atoms with Crippen molar-refractivity contribution in [3.05, 3.63) is 71.0 Å². The van der Waals surface area contributed by atoms with E-state index in [-0.39, 0.29) is 23.8 Å². The molecule has 128 valence electrons. The number of fused-ring (bicyclic) bond motifs is 1. The summed E-state index contributed by atoms with van der Waals surface area (Å²) in [7, 11) is 0. The van der Waals surface area contributed by atoms with E-state index in [1.165, 1.54) is 23.3 Å². The van der Waals surface area contributed by atoms with Crippen molar-refractivity contribution in [2.24, 2.45) is 0 Å². The smallest absolute Gasteiger partial charge is 0.241 e. The highest BCUT2D eigenvalue weighted by Gasteiger charge is 2.30. The van der Waals surface area contributed by atoms with E-state index >= 15 is 0 Å². The van der Waals surface area contributed by atoms with Gasteiger partial charge in [0.2, 0.25) is 11.9 Å². The first-order chi connectivity index (χ1) is 12.1. The van der Waals surface area contributed by atoms with Crippen molar-refractivity contribution in [3.8, 4) is 0 Å². The van der Waals surface area contributed by atoms with Gasteiger partial charge in [-0.25, -0.2) is 9.07 Å². The van der Waals surface area contributed by atoms with Crippen LogP contribution in [-0.4, -0.2) is 14.8 Å². The molecule has 2 heterocycles. The Labute approximate surface area is 145 Å². The molecule has 0 bridgehead atoms. The first-order valence-electron chi connectivity index (χ1n) is 8.47. The predicted octanol–water partition coefficient (Wildman–Crippen LogP) is 3.71. The molecule has 0 spiro atoms. The van der Waals surface area contributed by atoms with Crippen molar-refractivity contribution in [2.75, 3.05) is 11.1 Å². The summed E-state index contributed by atoms with van der Waals surface area (Å²) in [6.07, 6.45) is 1.80. The molecule has 3 aromatic rings. The van der Waals surface area contributed by atoms with Crippen LogP contribution in [0.15, 0.2) is 48.5 Å². The second kappa shape index (κ2) is 6.20. The highest BCUT2D eigenvalue weighted by Crippen LogP contribution is 2.38. The van der Waals surface area contributed by atoms with E-state index in [1.807, 2.05) is 0 Å². The number of nitrogens with one attached hydrogen (secondary N) is 1. The van der Waals surface area contributed by atoms with Crippen LogP contribution in [0.3, 0.4) is 0 Å².